The Hall–Kier alpha value is -1.82. The monoisotopic (exact) mass is 253 g/mol. The molecule has 0 bridgehead atoms. The molecule has 96 valence electrons. The predicted octanol–water partition coefficient (Wildman–Crippen LogP) is 1.85. The summed E-state index contributed by atoms with van der Waals surface area (Å²) in [6.45, 7) is 1.88. The number of benzene rings is 1. The lowest BCUT2D eigenvalue weighted by atomic mass is 9.92. The van der Waals surface area contributed by atoms with Crippen LogP contribution in [0.2, 0.25) is 0 Å². The van der Waals surface area contributed by atoms with E-state index in [-0.39, 0.29) is 12.0 Å². The molecule has 1 atom stereocenters. The van der Waals surface area contributed by atoms with Crippen molar-refractivity contribution < 1.29 is 13.9 Å². The highest BCUT2D eigenvalue weighted by Gasteiger charge is 2.26. The van der Waals surface area contributed by atoms with Crippen molar-refractivity contribution >= 4 is 0 Å². The molecule has 1 aromatic carbocycles. The number of aryl methyl sites for hydroxylation is 1. The molecule has 18 heavy (non-hydrogen) atoms. The average Bonchev–Trinajstić information content (AvgIpc) is 2.78. The van der Waals surface area contributed by atoms with Crippen molar-refractivity contribution in [3.8, 4) is 0 Å². The molecule has 4 nitrogen and oxygen atoms in total. The normalized spacial score (nSPS) is 14.4. The van der Waals surface area contributed by atoms with Crippen LogP contribution in [0.25, 0.3) is 0 Å². The SMILES string of the molecule is CC(O)(CCn1cncn1)c1ccc(F)cc1F. The van der Waals surface area contributed by atoms with E-state index in [1.807, 2.05) is 0 Å². The number of hydrogen-bond donors (Lipinski definition) is 1. The Morgan fingerprint density at radius 2 is 2.17 bits per heavy atom. The molecule has 0 aliphatic carbocycles. The first-order chi connectivity index (χ1) is 8.49. The second-order valence-corrected chi connectivity index (χ2v) is 4.31. The molecule has 1 aromatic heterocycles. The van der Waals surface area contributed by atoms with Crippen LogP contribution in [0, 0.1) is 11.6 Å². The molecular formula is C12H13F2N3O. The maximum absolute atomic E-state index is 13.6. The summed E-state index contributed by atoms with van der Waals surface area (Å²) >= 11 is 0. The van der Waals surface area contributed by atoms with Crippen LogP contribution in [0.1, 0.15) is 18.9 Å². The number of nitrogens with zero attached hydrogens (tertiary/aromatic N) is 3. The van der Waals surface area contributed by atoms with Crippen LogP contribution in [-0.2, 0) is 12.1 Å². The third-order valence-electron chi connectivity index (χ3n) is 2.81. The fourth-order valence-corrected chi connectivity index (χ4v) is 1.74. The van der Waals surface area contributed by atoms with Gasteiger partial charge in [0.15, 0.2) is 0 Å². The van der Waals surface area contributed by atoms with E-state index in [4.69, 9.17) is 0 Å². The maximum atomic E-state index is 13.6. The first kappa shape index (κ1) is 12.6. The Labute approximate surface area is 103 Å². The Morgan fingerprint density at radius 3 is 2.78 bits per heavy atom. The maximum Gasteiger partial charge on any atom is 0.137 e. The van der Waals surface area contributed by atoms with E-state index in [0.717, 1.165) is 12.1 Å². The molecule has 1 unspecified atom stereocenters. The third-order valence-corrected chi connectivity index (χ3v) is 2.81. The van der Waals surface area contributed by atoms with Gasteiger partial charge in [-0.05, 0) is 19.4 Å². The molecule has 0 saturated carbocycles. The Balaban J connectivity index is 2.14. The molecule has 2 rings (SSSR count). The molecule has 1 heterocycles. The van der Waals surface area contributed by atoms with Gasteiger partial charge in [0.25, 0.3) is 0 Å². The lowest BCUT2D eigenvalue weighted by molar-refractivity contribution is 0.0383. The fourth-order valence-electron chi connectivity index (χ4n) is 1.74. The number of rotatable bonds is 4. The van der Waals surface area contributed by atoms with Gasteiger partial charge in [0.05, 0.1) is 5.60 Å². The fraction of sp³-hybridized carbons (Fsp3) is 0.333. The molecule has 0 aliphatic rings. The van der Waals surface area contributed by atoms with Gasteiger partial charge in [-0.3, -0.25) is 4.68 Å². The van der Waals surface area contributed by atoms with Crippen LogP contribution < -0.4 is 0 Å². The zero-order valence-corrected chi connectivity index (χ0v) is 9.85. The smallest absolute Gasteiger partial charge is 0.137 e. The quantitative estimate of drug-likeness (QED) is 0.904. The van der Waals surface area contributed by atoms with Crippen LogP contribution in [0.15, 0.2) is 30.9 Å². The number of aromatic nitrogens is 3. The van der Waals surface area contributed by atoms with E-state index in [0.29, 0.717) is 6.54 Å². The summed E-state index contributed by atoms with van der Waals surface area (Å²) in [5.41, 5.74) is -1.31. The summed E-state index contributed by atoms with van der Waals surface area (Å²) in [6.07, 6.45) is 3.14. The van der Waals surface area contributed by atoms with Gasteiger partial charge in [-0.15, -0.1) is 0 Å². The number of aliphatic hydroxyl groups is 1. The highest BCUT2D eigenvalue weighted by atomic mass is 19.1. The van der Waals surface area contributed by atoms with Gasteiger partial charge in [-0.1, -0.05) is 6.07 Å². The summed E-state index contributed by atoms with van der Waals surface area (Å²) in [7, 11) is 0. The van der Waals surface area contributed by atoms with Crippen molar-refractivity contribution in [1.29, 1.82) is 0 Å². The van der Waals surface area contributed by atoms with Crippen LogP contribution in [0.4, 0.5) is 8.78 Å². The molecule has 0 radical (unpaired) electrons. The van der Waals surface area contributed by atoms with Gasteiger partial charge in [0.2, 0.25) is 0 Å². The van der Waals surface area contributed by atoms with E-state index in [9.17, 15) is 13.9 Å². The Bertz CT molecular complexity index is 526. The minimum absolute atomic E-state index is 0.0732. The topological polar surface area (TPSA) is 50.9 Å². The van der Waals surface area contributed by atoms with Gasteiger partial charge in [0.1, 0.15) is 24.3 Å². The number of halogens is 2. The molecule has 0 aliphatic heterocycles. The summed E-state index contributed by atoms with van der Waals surface area (Å²) in [6, 6.07) is 3.15. The lowest BCUT2D eigenvalue weighted by Gasteiger charge is -2.24. The second-order valence-electron chi connectivity index (χ2n) is 4.31. The van der Waals surface area contributed by atoms with Crippen molar-refractivity contribution in [1.82, 2.24) is 14.8 Å². The largest absolute Gasteiger partial charge is 0.385 e. The second kappa shape index (κ2) is 4.81. The Kier molecular flexibility index (Phi) is 3.38. The molecule has 0 saturated heterocycles. The standard InChI is InChI=1S/C12H13F2N3O/c1-12(18,4-5-17-8-15-7-16-17)10-3-2-9(13)6-11(10)14/h2-3,6-8,18H,4-5H2,1H3. The minimum atomic E-state index is -1.39. The Morgan fingerprint density at radius 1 is 1.39 bits per heavy atom. The highest BCUT2D eigenvalue weighted by Crippen LogP contribution is 2.27. The first-order valence-corrected chi connectivity index (χ1v) is 5.49. The van der Waals surface area contributed by atoms with Crippen LogP contribution in [0.5, 0.6) is 0 Å². The van der Waals surface area contributed by atoms with Gasteiger partial charge < -0.3 is 5.11 Å². The molecule has 2 aromatic rings. The van der Waals surface area contributed by atoms with Crippen molar-refractivity contribution in [3.63, 3.8) is 0 Å². The van der Waals surface area contributed by atoms with Gasteiger partial charge in [0, 0.05) is 18.2 Å². The third kappa shape index (κ3) is 2.70. The van der Waals surface area contributed by atoms with Gasteiger partial charge in [-0.25, -0.2) is 13.8 Å². The van der Waals surface area contributed by atoms with E-state index < -0.39 is 17.2 Å². The average molecular weight is 253 g/mol. The van der Waals surface area contributed by atoms with Crippen LogP contribution in [-0.4, -0.2) is 19.9 Å². The van der Waals surface area contributed by atoms with E-state index in [1.165, 1.54) is 30.3 Å². The molecule has 6 heteroatoms. The zero-order valence-electron chi connectivity index (χ0n) is 9.85. The lowest BCUT2D eigenvalue weighted by Crippen LogP contribution is -2.25. The number of hydrogen-bond acceptors (Lipinski definition) is 3. The predicted molar refractivity (Wildman–Crippen MR) is 60.6 cm³/mol. The van der Waals surface area contributed by atoms with Gasteiger partial charge in [-0.2, -0.15) is 5.10 Å². The summed E-state index contributed by atoms with van der Waals surface area (Å²) in [4.78, 5) is 3.77. The van der Waals surface area contributed by atoms with E-state index >= 15 is 0 Å². The molecule has 1 N–H and O–H groups in total. The minimum Gasteiger partial charge on any atom is -0.385 e. The summed E-state index contributed by atoms with van der Waals surface area (Å²) in [5, 5.41) is 14.1. The highest BCUT2D eigenvalue weighted by molar-refractivity contribution is 5.24. The first-order valence-electron chi connectivity index (χ1n) is 5.49. The van der Waals surface area contributed by atoms with E-state index in [2.05, 4.69) is 10.1 Å². The van der Waals surface area contributed by atoms with Crippen molar-refractivity contribution in [3.05, 3.63) is 48.1 Å². The van der Waals surface area contributed by atoms with E-state index in [1.54, 1.807) is 0 Å². The van der Waals surface area contributed by atoms with Crippen molar-refractivity contribution in [2.75, 3.05) is 0 Å². The van der Waals surface area contributed by atoms with Crippen molar-refractivity contribution in [2.24, 2.45) is 0 Å². The van der Waals surface area contributed by atoms with Gasteiger partial charge >= 0.3 is 0 Å². The van der Waals surface area contributed by atoms with Crippen LogP contribution >= 0.6 is 0 Å². The molecular weight excluding hydrogens is 240 g/mol. The van der Waals surface area contributed by atoms with Crippen LogP contribution in [0.3, 0.4) is 0 Å². The molecule has 0 spiro atoms. The zero-order chi connectivity index (χ0) is 13.2. The molecule has 0 fully saturated rings. The summed E-state index contributed by atoms with van der Waals surface area (Å²) < 4.78 is 27.9. The molecule has 0 amide bonds. The van der Waals surface area contributed by atoms with Crippen molar-refractivity contribution in [2.45, 2.75) is 25.5 Å². The summed E-state index contributed by atoms with van der Waals surface area (Å²) in [5.74, 6) is -1.41.